The van der Waals surface area contributed by atoms with Gasteiger partial charge in [-0.1, -0.05) is 54.5 Å². The van der Waals surface area contributed by atoms with Crippen molar-refractivity contribution in [3.63, 3.8) is 0 Å². The van der Waals surface area contributed by atoms with Crippen LogP contribution < -0.4 is 10.6 Å². The molecule has 0 radical (unpaired) electrons. The summed E-state index contributed by atoms with van der Waals surface area (Å²) in [5, 5.41) is 20.7. The van der Waals surface area contributed by atoms with Crippen molar-refractivity contribution in [2.24, 2.45) is 5.73 Å². The average molecular weight is 382 g/mol. The number of hydrogen-bond donors (Lipinski definition) is 3. The lowest BCUT2D eigenvalue weighted by atomic mass is 9.96. The van der Waals surface area contributed by atoms with E-state index in [0.29, 0.717) is 11.4 Å². The molecule has 0 spiro atoms. The molecule has 4 N–H and O–H groups in total. The van der Waals surface area contributed by atoms with Gasteiger partial charge in [-0.3, -0.25) is 10.3 Å². The minimum Gasteiger partial charge on any atom is -0.395 e. The number of aliphatic hydroxyl groups excluding tert-OH is 1. The molecule has 28 heavy (non-hydrogen) atoms. The quantitative estimate of drug-likeness (QED) is 0.429. The summed E-state index contributed by atoms with van der Waals surface area (Å²) in [5.41, 5.74) is 8.76. The lowest BCUT2D eigenvalue weighted by Crippen LogP contribution is -2.38. The Bertz CT molecular complexity index is 940. The van der Waals surface area contributed by atoms with Gasteiger partial charge in [0.2, 0.25) is 5.88 Å². The van der Waals surface area contributed by atoms with Crippen LogP contribution in [0.3, 0.4) is 0 Å². The number of rotatable bonds is 7. The van der Waals surface area contributed by atoms with Crippen LogP contribution in [0.4, 0.5) is 10.3 Å². The summed E-state index contributed by atoms with van der Waals surface area (Å²) >= 11 is 0. The zero-order valence-electron chi connectivity index (χ0n) is 15.6. The zero-order valence-corrected chi connectivity index (χ0v) is 15.6. The number of benzene rings is 2. The molecule has 6 nitrogen and oxygen atoms in total. The normalized spacial score (nSPS) is 12.0. The van der Waals surface area contributed by atoms with E-state index in [-0.39, 0.29) is 30.8 Å². The summed E-state index contributed by atoms with van der Waals surface area (Å²) in [6.45, 7) is 2.03. The van der Waals surface area contributed by atoms with Crippen LogP contribution in [0.5, 0.6) is 0 Å². The molecule has 0 saturated carbocycles. The van der Waals surface area contributed by atoms with Crippen LogP contribution in [-0.4, -0.2) is 29.4 Å². The first-order valence-corrected chi connectivity index (χ1v) is 9.02. The van der Waals surface area contributed by atoms with Gasteiger partial charge in [-0.25, -0.2) is 4.39 Å². The van der Waals surface area contributed by atoms with E-state index < -0.39 is 0 Å². The van der Waals surface area contributed by atoms with Crippen molar-refractivity contribution < 1.29 is 14.0 Å². The number of aromatic nitrogens is 1. The van der Waals surface area contributed by atoms with Crippen LogP contribution in [0.15, 0.2) is 59.1 Å². The predicted molar refractivity (Wildman–Crippen MR) is 107 cm³/mol. The Kier molecular flexibility index (Phi) is 6.06. The lowest BCUT2D eigenvalue weighted by molar-refractivity contribution is 0.302. The topological polar surface area (TPSA) is 99.4 Å². The van der Waals surface area contributed by atoms with Crippen LogP contribution >= 0.6 is 0 Å². The van der Waals surface area contributed by atoms with Crippen LogP contribution in [0.25, 0.3) is 11.1 Å². The summed E-state index contributed by atoms with van der Waals surface area (Å²) in [6, 6.07) is 16.2. The Morgan fingerprint density at radius 3 is 2.61 bits per heavy atom. The van der Waals surface area contributed by atoms with Gasteiger partial charge in [0.25, 0.3) is 0 Å². The maximum absolute atomic E-state index is 13.9. The molecular formula is C21H23FN4O2. The molecule has 0 saturated heterocycles. The van der Waals surface area contributed by atoms with Crippen molar-refractivity contribution in [3.05, 3.63) is 71.7 Å². The fraction of sp³-hybridized carbons (Fsp3) is 0.238. The Balaban J connectivity index is 1.70. The summed E-state index contributed by atoms with van der Waals surface area (Å²) in [7, 11) is 0. The summed E-state index contributed by atoms with van der Waals surface area (Å²) in [6.07, 6.45) is 0.726. The van der Waals surface area contributed by atoms with E-state index in [2.05, 4.69) is 5.16 Å². The fourth-order valence-corrected chi connectivity index (χ4v) is 3.06. The third-order valence-corrected chi connectivity index (χ3v) is 4.58. The molecule has 1 unspecified atom stereocenters. The van der Waals surface area contributed by atoms with Crippen LogP contribution in [0, 0.1) is 11.2 Å². The number of hydrogen-bond acceptors (Lipinski definition) is 4. The van der Waals surface area contributed by atoms with Gasteiger partial charge in [0, 0.05) is 17.5 Å². The highest BCUT2D eigenvalue weighted by molar-refractivity contribution is 5.91. The highest BCUT2D eigenvalue weighted by Gasteiger charge is 2.18. The van der Waals surface area contributed by atoms with Crippen LogP contribution in [0.2, 0.25) is 0 Å². The van der Waals surface area contributed by atoms with E-state index in [9.17, 15) is 4.39 Å². The van der Waals surface area contributed by atoms with E-state index in [1.165, 1.54) is 11.0 Å². The standard InChI is InChI=1S/C21H23FN4O2/c1-14(19-13-20(28-25-19)26(10-11-27)21(23)24)12-15-6-8-16(9-7-15)17-4-2-3-5-18(17)22/h2-9,13-14,27H,10-12H2,1H3,(H3,23,24). The average Bonchev–Trinajstić information content (AvgIpc) is 3.17. The highest BCUT2D eigenvalue weighted by atomic mass is 19.1. The largest absolute Gasteiger partial charge is 0.395 e. The van der Waals surface area contributed by atoms with Gasteiger partial charge in [0.1, 0.15) is 5.82 Å². The first-order valence-electron chi connectivity index (χ1n) is 9.02. The second kappa shape index (κ2) is 8.67. The minimum atomic E-state index is -0.239. The Morgan fingerprint density at radius 1 is 1.25 bits per heavy atom. The summed E-state index contributed by atoms with van der Waals surface area (Å²) in [4.78, 5) is 1.35. The molecule has 1 aromatic heterocycles. The van der Waals surface area contributed by atoms with E-state index in [0.717, 1.165) is 23.2 Å². The molecule has 0 aliphatic rings. The van der Waals surface area contributed by atoms with Crippen molar-refractivity contribution >= 4 is 11.8 Å². The molecule has 0 amide bonds. The third-order valence-electron chi connectivity index (χ3n) is 4.58. The van der Waals surface area contributed by atoms with Crippen molar-refractivity contribution in [2.45, 2.75) is 19.3 Å². The molecule has 0 fully saturated rings. The maximum Gasteiger partial charge on any atom is 0.234 e. The molecule has 0 aliphatic heterocycles. The van der Waals surface area contributed by atoms with Gasteiger partial charge in [0.15, 0.2) is 5.96 Å². The monoisotopic (exact) mass is 382 g/mol. The van der Waals surface area contributed by atoms with Crippen LogP contribution in [-0.2, 0) is 6.42 Å². The molecule has 0 aliphatic carbocycles. The Morgan fingerprint density at radius 2 is 1.96 bits per heavy atom. The molecule has 7 heteroatoms. The zero-order chi connectivity index (χ0) is 20.1. The van der Waals surface area contributed by atoms with Crippen LogP contribution in [0.1, 0.15) is 24.1 Å². The van der Waals surface area contributed by atoms with E-state index >= 15 is 0 Å². The Hall–Kier alpha value is -3.19. The maximum atomic E-state index is 13.9. The smallest absolute Gasteiger partial charge is 0.234 e. The number of guanidine groups is 1. The highest BCUT2D eigenvalue weighted by Crippen LogP contribution is 2.27. The van der Waals surface area contributed by atoms with Gasteiger partial charge in [-0.15, -0.1) is 0 Å². The van der Waals surface area contributed by atoms with Crippen molar-refractivity contribution in [2.75, 3.05) is 18.1 Å². The van der Waals surface area contributed by atoms with E-state index in [4.69, 9.17) is 20.8 Å². The molecular weight excluding hydrogens is 359 g/mol. The number of nitrogens with zero attached hydrogens (tertiary/aromatic N) is 2. The van der Waals surface area contributed by atoms with Crippen molar-refractivity contribution in [1.82, 2.24) is 5.16 Å². The van der Waals surface area contributed by atoms with Crippen molar-refractivity contribution in [3.8, 4) is 11.1 Å². The number of nitrogens with one attached hydrogen (secondary N) is 1. The fourth-order valence-electron chi connectivity index (χ4n) is 3.06. The SMILES string of the molecule is CC(Cc1ccc(-c2ccccc2F)cc1)c1cc(N(CCO)C(=N)N)on1. The first kappa shape index (κ1) is 19.6. The van der Waals surface area contributed by atoms with Gasteiger partial charge in [0.05, 0.1) is 18.8 Å². The third kappa shape index (κ3) is 4.37. The second-order valence-corrected chi connectivity index (χ2v) is 6.63. The molecule has 3 rings (SSSR count). The molecule has 1 heterocycles. The second-order valence-electron chi connectivity index (χ2n) is 6.63. The number of anilines is 1. The van der Waals surface area contributed by atoms with Gasteiger partial charge < -0.3 is 15.4 Å². The molecule has 3 aromatic rings. The number of halogens is 1. The molecule has 1 atom stereocenters. The van der Waals surface area contributed by atoms with E-state index in [1.54, 1.807) is 18.2 Å². The molecule has 146 valence electrons. The summed E-state index contributed by atoms with van der Waals surface area (Å²) in [5.74, 6) is -0.0529. The number of aliphatic hydroxyl groups is 1. The summed E-state index contributed by atoms with van der Waals surface area (Å²) < 4.78 is 19.2. The van der Waals surface area contributed by atoms with Gasteiger partial charge in [-0.05, 0) is 23.6 Å². The lowest BCUT2D eigenvalue weighted by Gasteiger charge is -2.16. The first-order chi connectivity index (χ1) is 13.5. The van der Waals surface area contributed by atoms with Gasteiger partial charge >= 0.3 is 0 Å². The minimum absolute atomic E-state index is 0.0692. The molecule has 0 bridgehead atoms. The van der Waals surface area contributed by atoms with E-state index in [1.807, 2.05) is 37.3 Å². The van der Waals surface area contributed by atoms with Gasteiger partial charge in [-0.2, -0.15) is 0 Å². The number of nitrogens with two attached hydrogens (primary N) is 1. The van der Waals surface area contributed by atoms with Crippen molar-refractivity contribution in [1.29, 1.82) is 5.41 Å². The Labute approximate surface area is 162 Å². The molecule has 2 aromatic carbocycles. The predicted octanol–water partition coefficient (Wildman–Crippen LogP) is 3.52.